The van der Waals surface area contributed by atoms with Crippen LogP contribution in [0.15, 0.2) is 24.3 Å². The van der Waals surface area contributed by atoms with Crippen molar-refractivity contribution < 1.29 is 0 Å². The molecule has 2 aromatic rings. The third-order valence-electron chi connectivity index (χ3n) is 4.60. The average molecular weight is 303 g/mol. The van der Waals surface area contributed by atoms with Crippen LogP contribution >= 0.6 is 11.3 Å². The molecule has 3 rings (SSSR count). The van der Waals surface area contributed by atoms with Gasteiger partial charge in [0, 0.05) is 35.3 Å². The minimum absolute atomic E-state index is 0.646. The van der Waals surface area contributed by atoms with Gasteiger partial charge in [0.2, 0.25) is 0 Å². The summed E-state index contributed by atoms with van der Waals surface area (Å²) in [5.41, 5.74) is 7.41. The summed E-state index contributed by atoms with van der Waals surface area (Å²) < 4.78 is 1.36. The van der Waals surface area contributed by atoms with Gasteiger partial charge in [-0.3, -0.25) is 4.90 Å². The quantitative estimate of drug-likeness (QED) is 0.942. The monoisotopic (exact) mass is 303 g/mol. The fourth-order valence-corrected chi connectivity index (χ4v) is 4.46. The number of nitrogens with zero attached hydrogens (tertiary/aromatic N) is 2. The fourth-order valence-electron chi connectivity index (χ4n) is 3.37. The molecule has 21 heavy (non-hydrogen) atoms. The molecule has 0 saturated carbocycles. The normalized spacial score (nSPS) is 20.5. The summed E-state index contributed by atoms with van der Waals surface area (Å²) in [6.45, 7) is 4.07. The van der Waals surface area contributed by atoms with Gasteiger partial charge in [-0.1, -0.05) is 18.2 Å². The van der Waals surface area contributed by atoms with Crippen LogP contribution in [0.5, 0.6) is 0 Å². The molecule has 0 aliphatic carbocycles. The second kappa shape index (κ2) is 6.44. The van der Waals surface area contributed by atoms with E-state index in [0.29, 0.717) is 12.6 Å². The van der Waals surface area contributed by atoms with Crippen LogP contribution in [0.1, 0.15) is 23.3 Å². The van der Waals surface area contributed by atoms with E-state index in [1.807, 2.05) is 11.3 Å². The average Bonchev–Trinajstić information content (AvgIpc) is 2.85. The maximum absolute atomic E-state index is 5.97. The summed E-state index contributed by atoms with van der Waals surface area (Å²) in [4.78, 5) is 6.30. The molecule has 1 aromatic heterocycles. The van der Waals surface area contributed by atoms with Crippen molar-refractivity contribution >= 4 is 21.4 Å². The summed E-state index contributed by atoms with van der Waals surface area (Å²) in [6.07, 6.45) is 2.61. The number of likely N-dealkylation sites (N-methyl/N-ethyl adjacent to an activating group) is 2. The summed E-state index contributed by atoms with van der Waals surface area (Å²) in [7, 11) is 4.49. The number of likely N-dealkylation sites (tertiary alicyclic amines) is 1. The van der Waals surface area contributed by atoms with Crippen molar-refractivity contribution in [3.8, 4) is 0 Å². The first-order chi connectivity index (χ1) is 10.2. The van der Waals surface area contributed by atoms with E-state index >= 15 is 0 Å². The molecule has 1 aromatic carbocycles. The van der Waals surface area contributed by atoms with Crippen molar-refractivity contribution in [1.29, 1.82) is 0 Å². The molecule has 114 valence electrons. The maximum atomic E-state index is 5.97. The molecule has 3 nitrogen and oxygen atoms in total. The number of hydrogen-bond donors (Lipinski definition) is 1. The molecule has 0 bridgehead atoms. The summed E-state index contributed by atoms with van der Waals surface area (Å²) in [6, 6.07) is 9.35. The van der Waals surface area contributed by atoms with Crippen LogP contribution in [0.4, 0.5) is 0 Å². The van der Waals surface area contributed by atoms with Crippen molar-refractivity contribution in [3.63, 3.8) is 0 Å². The second-order valence-electron chi connectivity index (χ2n) is 6.18. The van der Waals surface area contributed by atoms with Crippen LogP contribution < -0.4 is 5.73 Å². The van der Waals surface area contributed by atoms with E-state index in [1.165, 1.54) is 46.5 Å². The highest BCUT2D eigenvalue weighted by atomic mass is 32.1. The molecular weight excluding hydrogens is 278 g/mol. The first kappa shape index (κ1) is 15.0. The molecule has 1 fully saturated rings. The minimum atomic E-state index is 0.646. The van der Waals surface area contributed by atoms with Crippen molar-refractivity contribution in [2.24, 2.45) is 5.73 Å². The Morgan fingerprint density at radius 3 is 2.95 bits per heavy atom. The van der Waals surface area contributed by atoms with E-state index in [4.69, 9.17) is 5.73 Å². The number of fused-ring (bicyclic) bond motifs is 1. The Bertz CT molecular complexity index is 607. The Morgan fingerprint density at radius 2 is 2.19 bits per heavy atom. The molecule has 1 aliphatic rings. The van der Waals surface area contributed by atoms with Gasteiger partial charge in [0.1, 0.15) is 0 Å². The Balaban J connectivity index is 1.83. The summed E-state index contributed by atoms with van der Waals surface area (Å²) in [5, 5.41) is 1.39. The zero-order valence-corrected chi connectivity index (χ0v) is 13.8. The molecule has 1 unspecified atom stereocenters. The second-order valence-corrected chi connectivity index (χ2v) is 7.31. The Labute approximate surface area is 131 Å². The molecule has 2 N–H and O–H groups in total. The number of rotatable bonds is 4. The number of nitrogens with two attached hydrogens (primary N) is 1. The zero-order valence-electron chi connectivity index (χ0n) is 13.0. The SMILES string of the molecule is CN1CCCC(N(C)Cc2c(CN)sc3ccccc23)C1. The first-order valence-electron chi connectivity index (χ1n) is 7.77. The van der Waals surface area contributed by atoms with Gasteiger partial charge in [-0.05, 0) is 50.5 Å². The summed E-state index contributed by atoms with van der Waals surface area (Å²) in [5.74, 6) is 0. The number of thiophene rings is 1. The van der Waals surface area contributed by atoms with Crippen LogP contribution in [-0.2, 0) is 13.1 Å². The third-order valence-corrected chi connectivity index (χ3v) is 5.83. The first-order valence-corrected chi connectivity index (χ1v) is 8.59. The lowest BCUT2D eigenvalue weighted by Gasteiger charge is -2.36. The van der Waals surface area contributed by atoms with E-state index in [2.05, 4.69) is 48.2 Å². The van der Waals surface area contributed by atoms with Gasteiger partial charge in [-0.15, -0.1) is 11.3 Å². The molecule has 1 saturated heterocycles. The highest BCUT2D eigenvalue weighted by Gasteiger charge is 2.22. The zero-order chi connectivity index (χ0) is 14.8. The molecule has 0 radical (unpaired) electrons. The van der Waals surface area contributed by atoms with E-state index in [1.54, 1.807) is 0 Å². The Kier molecular flexibility index (Phi) is 4.60. The van der Waals surface area contributed by atoms with E-state index < -0.39 is 0 Å². The van der Waals surface area contributed by atoms with Crippen molar-refractivity contribution in [2.75, 3.05) is 27.2 Å². The number of piperidine rings is 1. The standard InChI is InChI=1S/C17H25N3S/c1-19-9-5-6-13(11-19)20(2)12-15-14-7-3-4-8-16(14)21-17(15)10-18/h3-4,7-8,13H,5-6,9-12,18H2,1-2H3. The van der Waals surface area contributed by atoms with Gasteiger partial charge >= 0.3 is 0 Å². The van der Waals surface area contributed by atoms with Crippen molar-refractivity contribution in [2.45, 2.75) is 32.0 Å². The van der Waals surface area contributed by atoms with Crippen molar-refractivity contribution in [1.82, 2.24) is 9.80 Å². The van der Waals surface area contributed by atoms with E-state index in [0.717, 1.165) is 6.54 Å². The lowest BCUT2D eigenvalue weighted by Crippen LogP contribution is -2.44. The molecule has 1 aliphatic heterocycles. The lowest BCUT2D eigenvalue weighted by atomic mass is 10.0. The van der Waals surface area contributed by atoms with Crippen LogP contribution in [0.3, 0.4) is 0 Å². The Hall–Kier alpha value is -0.940. The highest BCUT2D eigenvalue weighted by molar-refractivity contribution is 7.19. The molecule has 4 heteroatoms. The minimum Gasteiger partial charge on any atom is -0.326 e. The van der Waals surface area contributed by atoms with Crippen LogP contribution in [0.25, 0.3) is 10.1 Å². The smallest absolute Gasteiger partial charge is 0.0349 e. The third kappa shape index (κ3) is 3.14. The highest BCUT2D eigenvalue weighted by Crippen LogP contribution is 2.32. The van der Waals surface area contributed by atoms with Crippen LogP contribution in [-0.4, -0.2) is 43.0 Å². The number of hydrogen-bond acceptors (Lipinski definition) is 4. The molecule has 0 spiro atoms. The molecule has 1 atom stereocenters. The Morgan fingerprint density at radius 1 is 1.38 bits per heavy atom. The largest absolute Gasteiger partial charge is 0.326 e. The van der Waals surface area contributed by atoms with E-state index in [-0.39, 0.29) is 0 Å². The van der Waals surface area contributed by atoms with Gasteiger partial charge in [0.25, 0.3) is 0 Å². The van der Waals surface area contributed by atoms with Gasteiger partial charge in [-0.25, -0.2) is 0 Å². The fraction of sp³-hybridized carbons (Fsp3) is 0.529. The van der Waals surface area contributed by atoms with Crippen molar-refractivity contribution in [3.05, 3.63) is 34.7 Å². The predicted octanol–water partition coefficient (Wildman–Crippen LogP) is 2.89. The molecule has 0 amide bonds. The summed E-state index contributed by atoms with van der Waals surface area (Å²) >= 11 is 1.85. The maximum Gasteiger partial charge on any atom is 0.0349 e. The van der Waals surface area contributed by atoms with Gasteiger partial charge < -0.3 is 10.6 Å². The predicted molar refractivity (Wildman–Crippen MR) is 91.7 cm³/mol. The lowest BCUT2D eigenvalue weighted by molar-refractivity contribution is 0.129. The van der Waals surface area contributed by atoms with E-state index in [9.17, 15) is 0 Å². The van der Waals surface area contributed by atoms with Gasteiger partial charge in [0.05, 0.1) is 0 Å². The van der Waals surface area contributed by atoms with Crippen LogP contribution in [0.2, 0.25) is 0 Å². The van der Waals surface area contributed by atoms with Crippen LogP contribution in [0, 0.1) is 0 Å². The molecular formula is C17H25N3S. The molecule has 2 heterocycles. The van der Waals surface area contributed by atoms with Gasteiger partial charge in [-0.2, -0.15) is 0 Å². The number of benzene rings is 1. The van der Waals surface area contributed by atoms with Gasteiger partial charge in [0.15, 0.2) is 0 Å². The topological polar surface area (TPSA) is 32.5 Å².